The lowest BCUT2D eigenvalue weighted by Crippen LogP contribution is -2.10. The van der Waals surface area contributed by atoms with E-state index in [2.05, 4.69) is 72.2 Å². The van der Waals surface area contributed by atoms with Crippen molar-refractivity contribution in [2.75, 3.05) is 6.61 Å². The molecule has 0 radical (unpaired) electrons. The fourth-order valence-electron chi connectivity index (χ4n) is 4.02. The smallest absolute Gasteiger partial charge is 0.148 e. The van der Waals surface area contributed by atoms with E-state index in [1.807, 2.05) is 30.3 Å². The summed E-state index contributed by atoms with van der Waals surface area (Å²) in [6, 6.07) is 30.9. The Morgan fingerprint density at radius 3 is 2.47 bits per heavy atom. The van der Waals surface area contributed by atoms with Gasteiger partial charge in [-0.1, -0.05) is 60.7 Å². The zero-order valence-corrected chi connectivity index (χ0v) is 18.2. The van der Waals surface area contributed by atoms with E-state index in [9.17, 15) is 0 Å². The molecule has 1 heterocycles. The predicted molar refractivity (Wildman–Crippen MR) is 129 cm³/mol. The van der Waals surface area contributed by atoms with E-state index in [0.29, 0.717) is 13.2 Å². The molecule has 0 atom stereocenters. The van der Waals surface area contributed by atoms with Gasteiger partial charge in [0.2, 0.25) is 0 Å². The molecule has 0 aliphatic rings. The minimum absolute atomic E-state index is 0.436. The maximum absolute atomic E-state index is 6.09. The van der Waals surface area contributed by atoms with Crippen molar-refractivity contribution < 1.29 is 9.47 Å². The van der Waals surface area contributed by atoms with Gasteiger partial charge in [-0.05, 0) is 60.0 Å². The Kier molecular flexibility index (Phi) is 5.75. The highest BCUT2D eigenvalue weighted by Crippen LogP contribution is 2.22. The molecule has 4 heteroatoms. The van der Waals surface area contributed by atoms with Crippen molar-refractivity contribution >= 4 is 21.8 Å². The Hall–Kier alpha value is -3.79. The molecule has 0 fully saturated rings. The molecule has 5 rings (SSSR count). The normalized spacial score (nSPS) is 11.2. The van der Waals surface area contributed by atoms with Crippen LogP contribution in [-0.2, 0) is 13.2 Å². The van der Waals surface area contributed by atoms with Crippen molar-refractivity contribution in [3.8, 4) is 11.5 Å². The van der Waals surface area contributed by atoms with Crippen molar-refractivity contribution in [2.45, 2.75) is 26.5 Å². The Bertz CT molecular complexity index is 1360. The summed E-state index contributed by atoms with van der Waals surface area (Å²) in [5, 5.41) is 2.42. The van der Waals surface area contributed by atoms with Crippen LogP contribution in [0, 0.1) is 6.92 Å². The van der Waals surface area contributed by atoms with Gasteiger partial charge in [-0.15, -0.1) is 0 Å². The zero-order valence-electron chi connectivity index (χ0n) is 18.2. The predicted octanol–water partition coefficient (Wildman–Crippen LogP) is 6.55. The van der Waals surface area contributed by atoms with Crippen LogP contribution in [0.25, 0.3) is 21.8 Å². The van der Waals surface area contributed by atoms with Crippen LogP contribution in [0.1, 0.15) is 17.8 Å². The van der Waals surface area contributed by atoms with Gasteiger partial charge in [-0.25, -0.2) is 4.98 Å². The number of benzene rings is 4. The van der Waals surface area contributed by atoms with E-state index in [-0.39, 0.29) is 0 Å². The third-order valence-corrected chi connectivity index (χ3v) is 5.70. The van der Waals surface area contributed by atoms with Crippen molar-refractivity contribution in [3.05, 3.63) is 102 Å². The SMILES string of the molecule is Cc1ccccc1OCc1nc2ccccc2n1CCCOc1ccc2ccccc2c1. The van der Waals surface area contributed by atoms with Gasteiger partial charge >= 0.3 is 0 Å². The van der Waals surface area contributed by atoms with Gasteiger partial charge in [0.15, 0.2) is 0 Å². The summed E-state index contributed by atoms with van der Waals surface area (Å²) >= 11 is 0. The quantitative estimate of drug-likeness (QED) is 0.266. The first-order chi connectivity index (χ1) is 15.8. The molecule has 0 saturated heterocycles. The molecule has 0 unspecified atom stereocenters. The summed E-state index contributed by atoms with van der Waals surface area (Å²) in [7, 11) is 0. The fourth-order valence-corrected chi connectivity index (χ4v) is 4.02. The number of aryl methyl sites for hydroxylation is 2. The van der Waals surface area contributed by atoms with Crippen LogP contribution < -0.4 is 9.47 Å². The summed E-state index contributed by atoms with van der Waals surface area (Å²) in [5.74, 6) is 2.73. The molecule has 32 heavy (non-hydrogen) atoms. The number of para-hydroxylation sites is 3. The third kappa shape index (κ3) is 4.30. The van der Waals surface area contributed by atoms with E-state index in [0.717, 1.165) is 46.9 Å². The summed E-state index contributed by atoms with van der Waals surface area (Å²) in [4.78, 5) is 4.83. The molecule has 160 valence electrons. The van der Waals surface area contributed by atoms with Crippen LogP contribution >= 0.6 is 0 Å². The summed E-state index contributed by atoms with van der Waals surface area (Å²) in [5.41, 5.74) is 3.24. The standard InChI is InChI=1S/C28H26N2O2/c1-21-9-2-7-14-27(21)32-20-28-29-25-12-5-6-13-26(25)30(28)17-8-18-31-24-16-15-22-10-3-4-11-23(22)19-24/h2-7,9-16,19H,8,17-18,20H2,1H3. The molecule has 0 spiro atoms. The van der Waals surface area contributed by atoms with E-state index in [4.69, 9.17) is 14.5 Å². The molecule has 0 N–H and O–H groups in total. The first-order valence-corrected chi connectivity index (χ1v) is 11.0. The largest absolute Gasteiger partial charge is 0.494 e. The van der Waals surface area contributed by atoms with Crippen LogP contribution in [0.4, 0.5) is 0 Å². The molecule has 0 bridgehead atoms. The molecule has 5 aromatic rings. The molecule has 0 aliphatic heterocycles. The maximum Gasteiger partial charge on any atom is 0.148 e. The van der Waals surface area contributed by atoms with Crippen LogP contribution in [0.15, 0.2) is 91.0 Å². The van der Waals surface area contributed by atoms with Gasteiger partial charge in [0, 0.05) is 6.54 Å². The molecule has 4 nitrogen and oxygen atoms in total. The number of fused-ring (bicyclic) bond motifs is 2. The molecular weight excluding hydrogens is 396 g/mol. The van der Waals surface area contributed by atoms with E-state index in [1.165, 1.54) is 10.8 Å². The first-order valence-electron chi connectivity index (χ1n) is 11.0. The Morgan fingerprint density at radius 2 is 1.56 bits per heavy atom. The Balaban J connectivity index is 1.27. The van der Waals surface area contributed by atoms with E-state index < -0.39 is 0 Å². The summed E-state index contributed by atoms with van der Waals surface area (Å²) in [6.45, 7) is 3.96. The maximum atomic E-state index is 6.09. The minimum Gasteiger partial charge on any atom is -0.494 e. The third-order valence-electron chi connectivity index (χ3n) is 5.70. The average molecular weight is 423 g/mol. The van der Waals surface area contributed by atoms with Crippen LogP contribution in [0.2, 0.25) is 0 Å². The fraction of sp³-hybridized carbons (Fsp3) is 0.179. The van der Waals surface area contributed by atoms with Crippen molar-refractivity contribution in [1.82, 2.24) is 9.55 Å². The van der Waals surface area contributed by atoms with Gasteiger partial charge in [0.25, 0.3) is 0 Å². The number of hydrogen-bond donors (Lipinski definition) is 0. The molecular formula is C28H26N2O2. The van der Waals surface area contributed by atoms with Gasteiger partial charge in [0.05, 0.1) is 17.6 Å². The molecule has 0 saturated carbocycles. The second-order valence-corrected chi connectivity index (χ2v) is 7.93. The topological polar surface area (TPSA) is 36.3 Å². The highest BCUT2D eigenvalue weighted by Gasteiger charge is 2.11. The van der Waals surface area contributed by atoms with Crippen molar-refractivity contribution in [2.24, 2.45) is 0 Å². The highest BCUT2D eigenvalue weighted by molar-refractivity contribution is 5.83. The highest BCUT2D eigenvalue weighted by atomic mass is 16.5. The zero-order chi connectivity index (χ0) is 21.8. The molecule has 4 aromatic carbocycles. The number of ether oxygens (including phenoxy) is 2. The van der Waals surface area contributed by atoms with Gasteiger partial charge in [0.1, 0.15) is 23.9 Å². The number of nitrogens with zero attached hydrogens (tertiary/aromatic N) is 2. The summed E-state index contributed by atoms with van der Waals surface area (Å²) in [6.07, 6.45) is 0.880. The van der Waals surface area contributed by atoms with Crippen LogP contribution in [0.5, 0.6) is 11.5 Å². The minimum atomic E-state index is 0.436. The summed E-state index contributed by atoms with van der Waals surface area (Å²) < 4.78 is 14.4. The second-order valence-electron chi connectivity index (χ2n) is 7.93. The van der Waals surface area contributed by atoms with Crippen molar-refractivity contribution in [1.29, 1.82) is 0 Å². The lowest BCUT2D eigenvalue weighted by molar-refractivity contribution is 0.279. The molecule has 0 amide bonds. The molecule has 1 aromatic heterocycles. The number of rotatable bonds is 8. The Labute approximate surface area is 188 Å². The van der Waals surface area contributed by atoms with Crippen LogP contribution in [-0.4, -0.2) is 16.2 Å². The average Bonchev–Trinajstić information content (AvgIpc) is 3.18. The van der Waals surface area contributed by atoms with E-state index in [1.54, 1.807) is 0 Å². The van der Waals surface area contributed by atoms with E-state index >= 15 is 0 Å². The van der Waals surface area contributed by atoms with Gasteiger partial charge in [-0.3, -0.25) is 0 Å². The second kappa shape index (κ2) is 9.15. The number of imidazole rings is 1. The van der Waals surface area contributed by atoms with Crippen LogP contribution in [0.3, 0.4) is 0 Å². The Morgan fingerprint density at radius 1 is 0.781 bits per heavy atom. The molecule has 0 aliphatic carbocycles. The number of aromatic nitrogens is 2. The first kappa shape index (κ1) is 20.1. The lowest BCUT2D eigenvalue weighted by atomic mass is 10.1. The number of hydrogen-bond acceptors (Lipinski definition) is 3. The van der Waals surface area contributed by atoms with Gasteiger partial charge in [-0.2, -0.15) is 0 Å². The van der Waals surface area contributed by atoms with Crippen molar-refractivity contribution in [3.63, 3.8) is 0 Å². The lowest BCUT2D eigenvalue weighted by Gasteiger charge is -2.12. The van der Waals surface area contributed by atoms with Gasteiger partial charge < -0.3 is 14.0 Å². The monoisotopic (exact) mass is 422 g/mol.